The fourth-order valence-electron chi connectivity index (χ4n) is 4.02. The number of hydrogen-bond donors (Lipinski definition) is 2. The fourth-order valence-corrected chi connectivity index (χ4v) is 4.02. The lowest BCUT2D eigenvalue weighted by Gasteiger charge is -2.22. The summed E-state index contributed by atoms with van der Waals surface area (Å²) in [5.41, 5.74) is 5.34. The minimum Gasteiger partial charge on any atom is -0.381 e. The topological polar surface area (TPSA) is 88.6 Å². The second-order valence-electron chi connectivity index (χ2n) is 7.23. The smallest absolute Gasteiger partial charge is 0.327 e. The molecule has 4 aromatic heterocycles. The van der Waals surface area contributed by atoms with Crippen molar-refractivity contribution in [3.63, 3.8) is 0 Å². The molecule has 0 spiro atoms. The molecular weight excluding hydrogens is 342 g/mol. The van der Waals surface area contributed by atoms with Gasteiger partial charge < -0.3 is 9.72 Å². The zero-order chi connectivity index (χ0) is 18.4. The van der Waals surface area contributed by atoms with E-state index >= 15 is 0 Å². The maximum absolute atomic E-state index is 12.6. The minimum absolute atomic E-state index is 0.0940. The van der Waals surface area contributed by atoms with Gasteiger partial charge in [0.1, 0.15) is 5.65 Å². The van der Waals surface area contributed by atoms with Gasteiger partial charge in [-0.25, -0.2) is 14.8 Å². The first-order valence-corrected chi connectivity index (χ1v) is 9.30. The van der Waals surface area contributed by atoms with Crippen LogP contribution in [0.4, 0.5) is 0 Å². The summed E-state index contributed by atoms with van der Waals surface area (Å²) in [5, 5.41) is 1.06. The average Bonchev–Trinajstić information content (AvgIpc) is 3.27. The Bertz CT molecular complexity index is 1180. The van der Waals surface area contributed by atoms with Crippen molar-refractivity contribution in [1.82, 2.24) is 24.5 Å². The molecule has 7 heteroatoms. The van der Waals surface area contributed by atoms with Crippen LogP contribution in [0, 0.1) is 12.8 Å². The molecular formula is C20H21N5O2. The van der Waals surface area contributed by atoms with Crippen LogP contribution in [0.5, 0.6) is 0 Å². The van der Waals surface area contributed by atoms with E-state index in [0.717, 1.165) is 59.3 Å². The Hall–Kier alpha value is -2.93. The summed E-state index contributed by atoms with van der Waals surface area (Å²) in [6.07, 6.45) is 7.52. The van der Waals surface area contributed by atoms with Crippen molar-refractivity contribution < 1.29 is 4.74 Å². The highest BCUT2D eigenvalue weighted by Gasteiger charge is 2.20. The number of aryl methyl sites for hydroxylation is 1. The largest absolute Gasteiger partial charge is 0.381 e. The summed E-state index contributed by atoms with van der Waals surface area (Å²) in [4.78, 5) is 27.6. The third-order valence-electron chi connectivity index (χ3n) is 5.54. The Labute approximate surface area is 155 Å². The molecule has 1 fully saturated rings. The van der Waals surface area contributed by atoms with Crippen LogP contribution >= 0.6 is 0 Å². The quantitative estimate of drug-likeness (QED) is 0.586. The van der Waals surface area contributed by atoms with Crippen molar-refractivity contribution in [3.05, 3.63) is 46.8 Å². The summed E-state index contributed by atoms with van der Waals surface area (Å²) >= 11 is 0. The number of hydrogen-bond acceptors (Lipinski definition) is 4. The van der Waals surface area contributed by atoms with Crippen LogP contribution in [0.3, 0.4) is 0 Å². The summed E-state index contributed by atoms with van der Waals surface area (Å²) < 4.78 is 7.30. The van der Waals surface area contributed by atoms with E-state index in [2.05, 4.69) is 32.9 Å². The maximum atomic E-state index is 12.6. The van der Waals surface area contributed by atoms with Gasteiger partial charge in [0.15, 0.2) is 5.65 Å². The number of imidazole rings is 1. The van der Waals surface area contributed by atoms with Crippen molar-refractivity contribution in [1.29, 1.82) is 0 Å². The molecule has 4 aromatic rings. The number of nitrogens with zero attached hydrogens (tertiary/aromatic N) is 3. The second kappa shape index (κ2) is 6.35. The molecule has 0 aliphatic carbocycles. The van der Waals surface area contributed by atoms with Gasteiger partial charge in [0, 0.05) is 54.9 Å². The summed E-state index contributed by atoms with van der Waals surface area (Å²) in [6.45, 7) is 4.29. The highest BCUT2D eigenvalue weighted by molar-refractivity contribution is 5.87. The van der Waals surface area contributed by atoms with E-state index in [1.54, 1.807) is 0 Å². The normalized spacial score (nSPS) is 15.7. The van der Waals surface area contributed by atoms with E-state index in [4.69, 9.17) is 4.74 Å². The lowest BCUT2D eigenvalue weighted by molar-refractivity contribution is 0.0613. The average molecular weight is 363 g/mol. The Kier molecular flexibility index (Phi) is 3.82. The first-order valence-electron chi connectivity index (χ1n) is 9.30. The van der Waals surface area contributed by atoms with Crippen molar-refractivity contribution in [2.45, 2.75) is 26.3 Å². The molecule has 1 saturated heterocycles. The molecule has 0 unspecified atom stereocenters. The third-order valence-corrected chi connectivity index (χ3v) is 5.54. The number of ether oxygens (including phenoxy) is 1. The van der Waals surface area contributed by atoms with E-state index in [1.807, 2.05) is 29.2 Å². The fraction of sp³-hybridized carbons (Fsp3) is 0.350. The molecule has 7 nitrogen and oxygen atoms in total. The SMILES string of the molecule is Cc1c(-c2cnc3[nH]ccc3c2)cnc2[nH]c(=O)n(CC3CCOCC3)c12. The molecule has 0 saturated carbocycles. The van der Waals surface area contributed by atoms with Crippen LogP contribution in [0.15, 0.2) is 35.5 Å². The van der Waals surface area contributed by atoms with E-state index in [-0.39, 0.29) is 5.69 Å². The highest BCUT2D eigenvalue weighted by atomic mass is 16.5. The van der Waals surface area contributed by atoms with E-state index in [9.17, 15) is 4.79 Å². The third kappa shape index (κ3) is 2.75. The number of aromatic nitrogens is 5. The molecule has 2 N–H and O–H groups in total. The lowest BCUT2D eigenvalue weighted by Crippen LogP contribution is -2.26. The van der Waals surface area contributed by atoms with Gasteiger partial charge in [-0.05, 0) is 43.4 Å². The van der Waals surface area contributed by atoms with Gasteiger partial charge in [-0.3, -0.25) is 9.55 Å². The zero-order valence-electron chi connectivity index (χ0n) is 15.2. The first kappa shape index (κ1) is 16.3. The van der Waals surface area contributed by atoms with Gasteiger partial charge in [0.25, 0.3) is 0 Å². The number of fused-ring (bicyclic) bond motifs is 2. The van der Waals surface area contributed by atoms with E-state index in [1.165, 1.54) is 0 Å². The highest BCUT2D eigenvalue weighted by Crippen LogP contribution is 2.29. The molecule has 138 valence electrons. The monoisotopic (exact) mass is 363 g/mol. The Morgan fingerprint density at radius 2 is 2.04 bits per heavy atom. The van der Waals surface area contributed by atoms with E-state index < -0.39 is 0 Å². The molecule has 0 bridgehead atoms. The molecule has 0 atom stereocenters. The van der Waals surface area contributed by atoms with Gasteiger partial charge in [0.05, 0.1) is 5.52 Å². The second-order valence-corrected chi connectivity index (χ2v) is 7.23. The molecule has 0 radical (unpaired) electrons. The number of rotatable bonds is 3. The minimum atomic E-state index is -0.0940. The Balaban J connectivity index is 1.63. The number of H-pyrrole nitrogens is 2. The van der Waals surface area contributed by atoms with Crippen molar-refractivity contribution >= 4 is 22.2 Å². The van der Waals surface area contributed by atoms with Crippen molar-refractivity contribution in [3.8, 4) is 11.1 Å². The van der Waals surface area contributed by atoms with Gasteiger partial charge >= 0.3 is 5.69 Å². The number of aromatic amines is 2. The Morgan fingerprint density at radius 1 is 1.22 bits per heavy atom. The van der Waals surface area contributed by atoms with Crippen LogP contribution < -0.4 is 5.69 Å². The maximum Gasteiger partial charge on any atom is 0.327 e. The van der Waals surface area contributed by atoms with Crippen LogP contribution in [0.25, 0.3) is 33.3 Å². The summed E-state index contributed by atoms with van der Waals surface area (Å²) in [6, 6.07) is 4.10. The summed E-state index contributed by atoms with van der Waals surface area (Å²) in [5.74, 6) is 0.455. The molecule has 0 amide bonds. The van der Waals surface area contributed by atoms with Crippen molar-refractivity contribution in [2.24, 2.45) is 5.92 Å². The van der Waals surface area contributed by atoms with Gasteiger partial charge in [-0.15, -0.1) is 0 Å². The molecule has 27 heavy (non-hydrogen) atoms. The number of nitrogens with one attached hydrogen (secondary N) is 2. The van der Waals surface area contributed by atoms with Crippen molar-refractivity contribution in [2.75, 3.05) is 13.2 Å². The van der Waals surface area contributed by atoms with Crippen LogP contribution in [0.2, 0.25) is 0 Å². The van der Waals surface area contributed by atoms with Gasteiger partial charge in [-0.2, -0.15) is 0 Å². The molecule has 5 heterocycles. The predicted molar refractivity (Wildman–Crippen MR) is 104 cm³/mol. The first-order chi connectivity index (χ1) is 13.2. The molecule has 1 aliphatic rings. The Morgan fingerprint density at radius 3 is 2.89 bits per heavy atom. The van der Waals surface area contributed by atoms with Crippen LogP contribution in [0.1, 0.15) is 18.4 Å². The molecule has 0 aromatic carbocycles. The van der Waals surface area contributed by atoms with Gasteiger partial charge in [0.2, 0.25) is 0 Å². The molecule has 5 rings (SSSR count). The standard InChI is InChI=1S/C20H21N5O2/c1-12-16(15-8-14-2-5-21-18(14)22-9-15)10-23-19-17(12)25(20(26)24-19)11-13-3-6-27-7-4-13/h2,5,8-10,13H,3-4,6-7,11H2,1H3,(H,21,22)(H,23,24,26). The summed E-state index contributed by atoms with van der Waals surface area (Å²) in [7, 11) is 0. The van der Waals surface area contributed by atoms with Crippen LogP contribution in [-0.4, -0.2) is 37.7 Å². The predicted octanol–water partition coefficient (Wildman–Crippen LogP) is 3.00. The molecule has 1 aliphatic heterocycles. The zero-order valence-corrected chi connectivity index (χ0v) is 15.2. The van der Waals surface area contributed by atoms with Gasteiger partial charge in [-0.1, -0.05) is 0 Å². The van der Waals surface area contributed by atoms with E-state index in [0.29, 0.717) is 18.1 Å². The van der Waals surface area contributed by atoms with Crippen LogP contribution in [-0.2, 0) is 11.3 Å². The lowest BCUT2D eigenvalue weighted by atomic mass is 9.99. The number of pyridine rings is 2.